The van der Waals surface area contributed by atoms with E-state index in [9.17, 15) is 9.59 Å². The molecule has 4 heteroatoms. The second-order valence-corrected chi connectivity index (χ2v) is 5.72. The number of fused-ring (bicyclic) bond motifs is 1. The van der Waals surface area contributed by atoms with Crippen LogP contribution in [0.5, 0.6) is 5.75 Å². The van der Waals surface area contributed by atoms with Crippen LogP contribution in [-0.2, 0) is 4.79 Å². The van der Waals surface area contributed by atoms with Gasteiger partial charge in [-0.1, -0.05) is 18.2 Å². The number of ether oxygens (including phenoxy) is 1. The first-order valence-corrected chi connectivity index (χ1v) is 6.68. The zero-order chi connectivity index (χ0) is 15.6. The summed E-state index contributed by atoms with van der Waals surface area (Å²) in [5.74, 6) is -0.380. The monoisotopic (exact) mass is 286 g/mol. The number of methoxy groups -OCH3 is 1. The molecule has 21 heavy (non-hydrogen) atoms. The van der Waals surface area contributed by atoms with E-state index in [1.54, 1.807) is 33.1 Å². The Morgan fingerprint density at radius 3 is 2.33 bits per heavy atom. The molecule has 0 atom stereocenters. The zero-order valence-corrected chi connectivity index (χ0v) is 12.3. The largest absolute Gasteiger partial charge is 0.497 e. The van der Waals surface area contributed by atoms with Gasteiger partial charge in [-0.25, -0.2) is 0 Å². The Labute approximate surface area is 123 Å². The fourth-order valence-corrected chi connectivity index (χ4v) is 2.10. The number of rotatable bonds is 5. The maximum absolute atomic E-state index is 12.2. The number of benzene rings is 2. The lowest BCUT2D eigenvalue weighted by molar-refractivity contribution is -0.146. The normalized spacial score (nSPS) is 11.4. The molecular formula is C17H18O4. The molecule has 0 radical (unpaired) electrons. The molecule has 0 aromatic heterocycles. The van der Waals surface area contributed by atoms with Gasteiger partial charge in [-0.3, -0.25) is 9.59 Å². The van der Waals surface area contributed by atoms with Gasteiger partial charge in [-0.05, 0) is 42.8 Å². The third-order valence-corrected chi connectivity index (χ3v) is 3.55. The van der Waals surface area contributed by atoms with Crippen molar-refractivity contribution in [3.63, 3.8) is 0 Å². The molecule has 0 spiro atoms. The highest BCUT2D eigenvalue weighted by Gasteiger charge is 2.30. The van der Waals surface area contributed by atoms with Gasteiger partial charge in [0, 0.05) is 12.0 Å². The van der Waals surface area contributed by atoms with Crippen molar-refractivity contribution in [3.8, 4) is 5.75 Å². The molecule has 0 fully saturated rings. The summed E-state index contributed by atoms with van der Waals surface area (Å²) >= 11 is 0. The van der Waals surface area contributed by atoms with Gasteiger partial charge in [0.25, 0.3) is 0 Å². The van der Waals surface area contributed by atoms with Gasteiger partial charge < -0.3 is 9.84 Å². The molecular weight excluding hydrogens is 268 g/mol. The number of carboxylic acids is 1. The van der Waals surface area contributed by atoms with Crippen LogP contribution in [0.1, 0.15) is 30.6 Å². The highest BCUT2D eigenvalue weighted by molar-refractivity contribution is 6.01. The molecule has 2 rings (SSSR count). The molecule has 0 saturated carbocycles. The molecule has 1 N–H and O–H groups in total. The Morgan fingerprint density at radius 2 is 1.71 bits per heavy atom. The quantitative estimate of drug-likeness (QED) is 0.854. The number of hydrogen-bond donors (Lipinski definition) is 1. The molecule has 2 aromatic rings. The number of carbonyl (C=O) groups excluding carboxylic acids is 1. The maximum Gasteiger partial charge on any atom is 0.309 e. The average Bonchev–Trinajstić information content (AvgIpc) is 2.45. The van der Waals surface area contributed by atoms with E-state index in [1.807, 2.05) is 24.3 Å². The lowest BCUT2D eigenvalue weighted by atomic mass is 9.85. The second kappa shape index (κ2) is 5.56. The van der Waals surface area contributed by atoms with Crippen LogP contribution in [0, 0.1) is 5.41 Å². The van der Waals surface area contributed by atoms with Crippen molar-refractivity contribution in [3.05, 3.63) is 42.0 Å². The number of Topliss-reactive ketones (excluding diaryl/α,β-unsaturated/α-hetero) is 1. The van der Waals surface area contributed by atoms with E-state index in [0.717, 1.165) is 16.5 Å². The van der Waals surface area contributed by atoms with E-state index in [4.69, 9.17) is 9.84 Å². The Bertz CT molecular complexity index is 701. The number of carboxylic acid groups (broad SMARTS) is 1. The van der Waals surface area contributed by atoms with Crippen molar-refractivity contribution < 1.29 is 19.4 Å². The zero-order valence-electron chi connectivity index (χ0n) is 12.3. The lowest BCUT2D eigenvalue weighted by Crippen LogP contribution is -2.26. The Kier molecular flexibility index (Phi) is 3.98. The van der Waals surface area contributed by atoms with Gasteiger partial charge >= 0.3 is 5.97 Å². The summed E-state index contributed by atoms with van der Waals surface area (Å²) in [5.41, 5.74) is -0.534. The predicted molar refractivity (Wildman–Crippen MR) is 80.9 cm³/mol. The number of hydrogen-bond acceptors (Lipinski definition) is 3. The van der Waals surface area contributed by atoms with Gasteiger partial charge in [0.1, 0.15) is 5.75 Å². The van der Waals surface area contributed by atoms with Crippen LogP contribution in [0.2, 0.25) is 0 Å². The average molecular weight is 286 g/mol. The Morgan fingerprint density at radius 1 is 1.10 bits per heavy atom. The van der Waals surface area contributed by atoms with Crippen LogP contribution >= 0.6 is 0 Å². The second-order valence-electron chi connectivity index (χ2n) is 5.72. The molecule has 4 nitrogen and oxygen atoms in total. The molecule has 0 unspecified atom stereocenters. The summed E-state index contributed by atoms with van der Waals surface area (Å²) in [6, 6.07) is 11.0. The summed E-state index contributed by atoms with van der Waals surface area (Å²) in [5, 5.41) is 11.0. The van der Waals surface area contributed by atoms with E-state index in [1.165, 1.54) is 0 Å². The molecule has 0 amide bonds. The summed E-state index contributed by atoms with van der Waals surface area (Å²) in [6.45, 7) is 3.11. The molecule has 0 aliphatic heterocycles. The molecule has 2 aromatic carbocycles. The summed E-state index contributed by atoms with van der Waals surface area (Å²) in [7, 11) is 1.60. The van der Waals surface area contributed by atoms with Gasteiger partial charge in [0.15, 0.2) is 5.78 Å². The first-order valence-electron chi connectivity index (χ1n) is 6.68. The molecule has 0 saturated heterocycles. The van der Waals surface area contributed by atoms with Crippen molar-refractivity contribution >= 4 is 22.5 Å². The summed E-state index contributed by atoms with van der Waals surface area (Å²) in [4.78, 5) is 23.3. The van der Waals surface area contributed by atoms with Crippen molar-refractivity contribution in [1.29, 1.82) is 0 Å². The van der Waals surface area contributed by atoms with Gasteiger partial charge in [0.05, 0.1) is 12.5 Å². The SMILES string of the molecule is COc1ccc2cc(C(=O)CC(C)(C)C(=O)O)ccc2c1. The van der Waals surface area contributed by atoms with Crippen LogP contribution in [0.4, 0.5) is 0 Å². The van der Waals surface area contributed by atoms with E-state index >= 15 is 0 Å². The van der Waals surface area contributed by atoms with Crippen LogP contribution < -0.4 is 4.74 Å². The van der Waals surface area contributed by atoms with Crippen molar-refractivity contribution in [2.24, 2.45) is 5.41 Å². The fourth-order valence-electron chi connectivity index (χ4n) is 2.10. The minimum absolute atomic E-state index is 0.0238. The Hall–Kier alpha value is -2.36. The molecule has 0 aliphatic rings. The third kappa shape index (κ3) is 3.21. The van der Waals surface area contributed by atoms with Crippen LogP contribution in [-0.4, -0.2) is 24.0 Å². The number of ketones is 1. The highest BCUT2D eigenvalue weighted by Crippen LogP contribution is 2.26. The van der Waals surface area contributed by atoms with Crippen molar-refractivity contribution in [1.82, 2.24) is 0 Å². The lowest BCUT2D eigenvalue weighted by Gasteiger charge is -2.17. The molecule has 110 valence electrons. The van der Waals surface area contributed by atoms with Gasteiger partial charge in [0.2, 0.25) is 0 Å². The predicted octanol–water partition coefficient (Wildman–Crippen LogP) is 3.53. The van der Waals surface area contributed by atoms with Crippen molar-refractivity contribution in [2.75, 3.05) is 7.11 Å². The minimum atomic E-state index is -1.06. The van der Waals surface area contributed by atoms with Crippen LogP contribution in [0.3, 0.4) is 0 Å². The van der Waals surface area contributed by atoms with Gasteiger partial charge in [-0.15, -0.1) is 0 Å². The molecule has 0 heterocycles. The minimum Gasteiger partial charge on any atom is -0.497 e. The van der Waals surface area contributed by atoms with Crippen LogP contribution in [0.15, 0.2) is 36.4 Å². The topological polar surface area (TPSA) is 63.6 Å². The Balaban J connectivity index is 2.31. The molecule has 0 bridgehead atoms. The van der Waals surface area contributed by atoms with E-state index in [0.29, 0.717) is 5.56 Å². The van der Waals surface area contributed by atoms with E-state index in [-0.39, 0.29) is 12.2 Å². The standard InChI is InChI=1S/C17H18O4/c1-17(2,16(19)20)10-15(18)13-5-4-12-9-14(21-3)7-6-11(12)8-13/h4-9H,10H2,1-3H3,(H,19,20). The van der Waals surface area contributed by atoms with Gasteiger partial charge in [-0.2, -0.15) is 0 Å². The van der Waals surface area contributed by atoms with Crippen LogP contribution in [0.25, 0.3) is 10.8 Å². The number of carbonyl (C=O) groups is 2. The smallest absolute Gasteiger partial charge is 0.309 e. The first-order chi connectivity index (χ1) is 9.83. The fraction of sp³-hybridized carbons (Fsp3) is 0.294. The highest BCUT2D eigenvalue weighted by atomic mass is 16.5. The van der Waals surface area contributed by atoms with E-state index < -0.39 is 11.4 Å². The maximum atomic E-state index is 12.2. The number of aliphatic carboxylic acids is 1. The first kappa shape index (κ1) is 15.0. The van der Waals surface area contributed by atoms with E-state index in [2.05, 4.69) is 0 Å². The third-order valence-electron chi connectivity index (χ3n) is 3.55. The summed E-state index contributed by atoms with van der Waals surface area (Å²) in [6.07, 6.45) is -0.0238. The molecule has 0 aliphatic carbocycles. The van der Waals surface area contributed by atoms with Crippen molar-refractivity contribution in [2.45, 2.75) is 20.3 Å². The summed E-state index contributed by atoms with van der Waals surface area (Å²) < 4.78 is 5.16.